The fourth-order valence-electron chi connectivity index (χ4n) is 1.42. The lowest BCUT2D eigenvalue weighted by Gasteiger charge is -2.10. The van der Waals surface area contributed by atoms with Gasteiger partial charge in [-0.3, -0.25) is 4.79 Å². The molecule has 0 spiro atoms. The Bertz CT molecular complexity index is 435. The van der Waals surface area contributed by atoms with Crippen LogP contribution in [0.2, 0.25) is 0 Å². The predicted molar refractivity (Wildman–Crippen MR) is 80.2 cm³/mol. The molecule has 0 fully saturated rings. The van der Waals surface area contributed by atoms with E-state index >= 15 is 0 Å². The predicted octanol–water partition coefficient (Wildman–Crippen LogP) is 2.24. The number of carbonyl (C=O) groups excluding carboxylic acids is 1. The maximum absolute atomic E-state index is 11.4. The zero-order valence-corrected chi connectivity index (χ0v) is 12.6. The number of halogens is 1. The number of ether oxygens (including phenoxy) is 1. The van der Waals surface area contributed by atoms with Gasteiger partial charge in [-0.2, -0.15) is 0 Å². The lowest BCUT2D eigenvalue weighted by atomic mass is 10.2. The summed E-state index contributed by atoms with van der Waals surface area (Å²) in [6.45, 7) is 7.79. The van der Waals surface area contributed by atoms with Crippen LogP contribution in [0.1, 0.15) is 12.5 Å². The van der Waals surface area contributed by atoms with Crippen molar-refractivity contribution in [2.24, 2.45) is 0 Å². The van der Waals surface area contributed by atoms with Crippen molar-refractivity contribution < 1.29 is 9.53 Å². The molecule has 0 atom stereocenters. The first kappa shape index (κ1) is 15.7. The van der Waals surface area contributed by atoms with Crippen LogP contribution in [0.5, 0.6) is 5.75 Å². The molecule has 19 heavy (non-hydrogen) atoms. The van der Waals surface area contributed by atoms with E-state index in [-0.39, 0.29) is 12.5 Å². The normalized spacial score (nSPS) is 10.0. The number of hydrogen-bond acceptors (Lipinski definition) is 3. The average Bonchev–Trinajstić information content (AvgIpc) is 2.41. The highest BCUT2D eigenvalue weighted by molar-refractivity contribution is 9.10. The largest absolute Gasteiger partial charge is 0.483 e. The minimum absolute atomic E-state index is 0.000995. The first-order chi connectivity index (χ1) is 9.17. The van der Waals surface area contributed by atoms with Crippen LogP contribution in [0.25, 0.3) is 0 Å². The molecule has 0 unspecified atom stereocenters. The molecule has 0 aliphatic heterocycles. The van der Waals surface area contributed by atoms with E-state index in [1.165, 1.54) is 0 Å². The van der Waals surface area contributed by atoms with Gasteiger partial charge in [-0.05, 0) is 40.2 Å². The number of amides is 1. The lowest BCUT2D eigenvalue weighted by Crippen LogP contribution is -2.28. The van der Waals surface area contributed by atoms with Gasteiger partial charge in [0.05, 0.1) is 4.47 Å². The molecular weight excluding hydrogens is 308 g/mol. The first-order valence-corrected chi connectivity index (χ1v) is 6.96. The number of nitrogens with one attached hydrogen (secondary N) is 2. The van der Waals surface area contributed by atoms with Crippen LogP contribution in [0, 0.1) is 0 Å². The maximum Gasteiger partial charge on any atom is 0.258 e. The van der Waals surface area contributed by atoms with Crippen molar-refractivity contribution in [3.63, 3.8) is 0 Å². The molecule has 0 saturated carbocycles. The van der Waals surface area contributed by atoms with Gasteiger partial charge in [0, 0.05) is 13.1 Å². The summed E-state index contributed by atoms with van der Waals surface area (Å²) in [5.41, 5.74) is 1.16. The van der Waals surface area contributed by atoms with Crippen LogP contribution < -0.4 is 15.4 Å². The average molecular weight is 327 g/mol. The van der Waals surface area contributed by atoms with E-state index in [0.717, 1.165) is 23.1 Å². The quantitative estimate of drug-likeness (QED) is 0.720. The maximum atomic E-state index is 11.4. The molecule has 1 aromatic carbocycles. The van der Waals surface area contributed by atoms with Crippen molar-refractivity contribution in [3.05, 3.63) is 40.9 Å². The van der Waals surface area contributed by atoms with Gasteiger partial charge in [0.2, 0.25) is 0 Å². The molecule has 0 aromatic heterocycles. The van der Waals surface area contributed by atoms with E-state index in [0.29, 0.717) is 12.3 Å². The smallest absolute Gasteiger partial charge is 0.258 e. The summed E-state index contributed by atoms with van der Waals surface area (Å²) in [6, 6.07) is 5.82. The summed E-state index contributed by atoms with van der Waals surface area (Å²) >= 11 is 3.44. The van der Waals surface area contributed by atoms with Crippen molar-refractivity contribution >= 4 is 21.8 Å². The molecule has 104 valence electrons. The summed E-state index contributed by atoms with van der Waals surface area (Å²) in [4.78, 5) is 11.4. The van der Waals surface area contributed by atoms with Crippen molar-refractivity contribution in [2.45, 2.75) is 13.5 Å². The number of benzene rings is 1. The summed E-state index contributed by atoms with van der Waals surface area (Å²) in [7, 11) is 0. The number of rotatable bonds is 8. The van der Waals surface area contributed by atoms with E-state index in [2.05, 4.69) is 40.1 Å². The minimum Gasteiger partial charge on any atom is -0.483 e. The molecular formula is C14H19BrN2O2. The minimum atomic E-state index is -0.163. The van der Waals surface area contributed by atoms with Crippen LogP contribution in [0.3, 0.4) is 0 Å². The molecule has 0 radical (unpaired) electrons. The second-order valence-electron chi connectivity index (χ2n) is 3.93. The zero-order valence-electron chi connectivity index (χ0n) is 11.0. The summed E-state index contributed by atoms with van der Waals surface area (Å²) in [5.74, 6) is 0.498. The van der Waals surface area contributed by atoms with Gasteiger partial charge in [-0.15, -0.1) is 6.58 Å². The Morgan fingerprint density at radius 2 is 2.32 bits per heavy atom. The molecule has 1 rings (SSSR count). The molecule has 0 aliphatic rings. The molecule has 1 aromatic rings. The van der Waals surface area contributed by atoms with Gasteiger partial charge >= 0.3 is 0 Å². The van der Waals surface area contributed by atoms with Crippen molar-refractivity contribution in [2.75, 3.05) is 19.7 Å². The highest BCUT2D eigenvalue weighted by atomic mass is 79.9. The SMILES string of the molecule is C=CCNC(=O)COc1ccc(CNCC)cc1Br. The molecule has 5 heteroatoms. The van der Waals surface area contributed by atoms with Gasteiger partial charge < -0.3 is 15.4 Å². The standard InChI is InChI=1S/C14H19BrN2O2/c1-3-7-17-14(18)10-19-13-6-5-11(8-12(13)15)9-16-4-2/h3,5-6,8,16H,1,4,7,9-10H2,2H3,(H,17,18). The van der Waals surface area contributed by atoms with Crippen molar-refractivity contribution in [3.8, 4) is 5.75 Å². The third-order valence-electron chi connectivity index (χ3n) is 2.38. The highest BCUT2D eigenvalue weighted by Crippen LogP contribution is 2.25. The summed E-state index contributed by atoms with van der Waals surface area (Å²) < 4.78 is 6.29. The Kier molecular flexibility index (Phi) is 7.22. The molecule has 0 heterocycles. The lowest BCUT2D eigenvalue weighted by molar-refractivity contribution is -0.122. The van der Waals surface area contributed by atoms with Crippen LogP contribution in [-0.4, -0.2) is 25.6 Å². The monoisotopic (exact) mass is 326 g/mol. The molecule has 2 N–H and O–H groups in total. The molecule has 4 nitrogen and oxygen atoms in total. The van der Waals surface area contributed by atoms with Crippen molar-refractivity contribution in [1.29, 1.82) is 0 Å². The third-order valence-corrected chi connectivity index (χ3v) is 3.00. The van der Waals surface area contributed by atoms with Crippen LogP contribution in [-0.2, 0) is 11.3 Å². The Morgan fingerprint density at radius 3 is 2.95 bits per heavy atom. The molecule has 0 bridgehead atoms. The van der Waals surface area contributed by atoms with Gasteiger partial charge in [0.1, 0.15) is 5.75 Å². The van der Waals surface area contributed by atoms with E-state index in [9.17, 15) is 4.79 Å². The first-order valence-electron chi connectivity index (χ1n) is 6.17. The van der Waals surface area contributed by atoms with Gasteiger partial charge in [-0.25, -0.2) is 0 Å². The van der Waals surface area contributed by atoms with Gasteiger partial charge in [0.15, 0.2) is 6.61 Å². The fraction of sp³-hybridized carbons (Fsp3) is 0.357. The molecule has 0 saturated heterocycles. The van der Waals surface area contributed by atoms with Gasteiger partial charge in [0.25, 0.3) is 5.91 Å². The number of hydrogen-bond donors (Lipinski definition) is 2. The van der Waals surface area contributed by atoms with E-state index in [1.54, 1.807) is 6.08 Å². The second-order valence-corrected chi connectivity index (χ2v) is 4.78. The summed E-state index contributed by atoms with van der Waals surface area (Å²) in [6.07, 6.45) is 1.63. The third kappa shape index (κ3) is 5.89. The van der Waals surface area contributed by atoms with Crippen molar-refractivity contribution in [1.82, 2.24) is 10.6 Å². The zero-order chi connectivity index (χ0) is 14.1. The van der Waals surface area contributed by atoms with Gasteiger partial charge in [-0.1, -0.05) is 19.1 Å². The van der Waals surface area contributed by atoms with Crippen LogP contribution >= 0.6 is 15.9 Å². The fourth-order valence-corrected chi connectivity index (χ4v) is 1.96. The molecule has 0 aliphatic carbocycles. The molecule has 1 amide bonds. The Balaban J connectivity index is 2.50. The van der Waals surface area contributed by atoms with Crippen LogP contribution in [0.15, 0.2) is 35.3 Å². The van der Waals surface area contributed by atoms with E-state index < -0.39 is 0 Å². The highest BCUT2D eigenvalue weighted by Gasteiger charge is 2.05. The Hall–Kier alpha value is -1.33. The number of carbonyl (C=O) groups is 1. The van der Waals surface area contributed by atoms with Crippen LogP contribution in [0.4, 0.5) is 0 Å². The Morgan fingerprint density at radius 1 is 1.53 bits per heavy atom. The Labute approximate surface area is 122 Å². The summed E-state index contributed by atoms with van der Waals surface area (Å²) in [5, 5.41) is 5.90. The van der Waals surface area contributed by atoms with E-state index in [1.807, 2.05) is 18.2 Å². The topological polar surface area (TPSA) is 50.4 Å². The second kappa shape index (κ2) is 8.72. The van der Waals surface area contributed by atoms with E-state index in [4.69, 9.17) is 4.74 Å².